The van der Waals surface area contributed by atoms with E-state index < -0.39 is 0 Å². The van der Waals surface area contributed by atoms with E-state index in [-0.39, 0.29) is 5.91 Å². The van der Waals surface area contributed by atoms with Crippen molar-refractivity contribution in [3.63, 3.8) is 0 Å². The van der Waals surface area contributed by atoms with Gasteiger partial charge in [0, 0.05) is 50.3 Å². The summed E-state index contributed by atoms with van der Waals surface area (Å²) in [5.74, 6) is 1.20. The number of carbonyl (C=O) groups excluding carboxylic acids is 1. The minimum absolute atomic E-state index is 0.110. The molecule has 1 aliphatic rings. The van der Waals surface area contributed by atoms with Gasteiger partial charge in [0.25, 0.3) is 0 Å². The average Bonchev–Trinajstić information content (AvgIpc) is 3.19. The molecule has 2 aromatic rings. The Morgan fingerprint density at radius 2 is 2.11 bits per heavy atom. The number of aromatic nitrogens is 4. The Hall–Kier alpha value is -2.32. The highest BCUT2D eigenvalue weighted by Gasteiger charge is 2.26. The van der Waals surface area contributed by atoms with Gasteiger partial charge >= 0.3 is 0 Å². The maximum Gasteiger partial charge on any atom is 0.244 e. The highest BCUT2D eigenvalue weighted by atomic mass is 16.5. The Labute approximate surface area is 159 Å². The minimum atomic E-state index is 0.110. The number of piperidine rings is 1. The fraction of sp³-hybridized carbons (Fsp3) is 0.579. The standard InChI is InChI=1S/C19H27N5O3/c1-15-20-12-17(14-27-11-10-26-2)19(22-15)16-4-8-23(9-5-16)18(25)13-24-7-3-6-21-24/h3,6-7,12,16H,4-5,8-11,13-14H2,1-2H3. The summed E-state index contributed by atoms with van der Waals surface area (Å²) in [6, 6.07) is 1.83. The first-order chi connectivity index (χ1) is 13.2. The lowest BCUT2D eigenvalue weighted by atomic mass is 9.91. The molecule has 146 valence electrons. The smallest absolute Gasteiger partial charge is 0.244 e. The lowest BCUT2D eigenvalue weighted by Gasteiger charge is -2.32. The van der Waals surface area contributed by atoms with Crippen molar-refractivity contribution in [2.75, 3.05) is 33.4 Å². The number of methoxy groups -OCH3 is 1. The van der Waals surface area contributed by atoms with E-state index in [0.29, 0.717) is 32.3 Å². The molecular weight excluding hydrogens is 346 g/mol. The lowest BCUT2D eigenvalue weighted by molar-refractivity contribution is -0.133. The fourth-order valence-electron chi connectivity index (χ4n) is 3.34. The van der Waals surface area contributed by atoms with E-state index in [9.17, 15) is 4.79 Å². The quantitative estimate of drug-likeness (QED) is 0.653. The van der Waals surface area contributed by atoms with Crippen molar-refractivity contribution >= 4 is 5.91 Å². The van der Waals surface area contributed by atoms with E-state index in [0.717, 1.165) is 43.0 Å². The monoisotopic (exact) mass is 373 g/mol. The van der Waals surface area contributed by atoms with E-state index in [4.69, 9.17) is 9.47 Å². The Balaban J connectivity index is 1.58. The SMILES string of the molecule is COCCOCc1cnc(C)nc1C1CCN(C(=O)Cn2cccn2)CC1. The predicted molar refractivity (Wildman–Crippen MR) is 99.1 cm³/mol. The van der Waals surface area contributed by atoms with Gasteiger partial charge in [-0.25, -0.2) is 9.97 Å². The summed E-state index contributed by atoms with van der Waals surface area (Å²) in [4.78, 5) is 23.4. The first-order valence-electron chi connectivity index (χ1n) is 9.31. The molecule has 27 heavy (non-hydrogen) atoms. The Morgan fingerprint density at radius 3 is 2.81 bits per heavy atom. The fourth-order valence-corrected chi connectivity index (χ4v) is 3.34. The van der Waals surface area contributed by atoms with Crippen LogP contribution in [0, 0.1) is 6.92 Å². The van der Waals surface area contributed by atoms with E-state index >= 15 is 0 Å². The van der Waals surface area contributed by atoms with Gasteiger partial charge in [-0.05, 0) is 25.8 Å². The summed E-state index contributed by atoms with van der Waals surface area (Å²) >= 11 is 0. The van der Waals surface area contributed by atoms with Crippen molar-refractivity contribution < 1.29 is 14.3 Å². The molecule has 0 radical (unpaired) electrons. The first-order valence-corrected chi connectivity index (χ1v) is 9.31. The summed E-state index contributed by atoms with van der Waals surface area (Å²) < 4.78 is 12.4. The molecule has 1 aliphatic heterocycles. The molecule has 0 aromatic carbocycles. The van der Waals surface area contributed by atoms with Crippen molar-refractivity contribution in [1.29, 1.82) is 0 Å². The molecule has 0 N–H and O–H groups in total. The first kappa shape index (κ1) is 19.4. The second-order valence-corrected chi connectivity index (χ2v) is 6.73. The number of rotatable bonds is 8. The second kappa shape index (κ2) is 9.57. The van der Waals surface area contributed by atoms with Gasteiger partial charge in [-0.3, -0.25) is 9.48 Å². The minimum Gasteiger partial charge on any atom is -0.382 e. The highest BCUT2D eigenvalue weighted by molar-refractivity contribution is 5.76. The maximum absolute atomic E-state index is 12.4. The van der Waals surface area contributed by atoms with Crippen LogP contribution in [0.1, 0.15) is 35.8 Å². The zero-order chi connectivity index (χ0) is 19.1. The van der Waals surface area contributed by atoms with E-state index in [1.165, 1.54) is 0 Å². The number of ether oxygens (including phenoxy) is 2. The van der Waals surface area contributed by atoms with Crippen molar-refractivity contribution in [3.8, 4) is 0 Å². The van der Waals surface area contributed by atoms with Gasteiger partial charge in [0.2, 0.25) is 5.91 Å². The summed E-state index contributed by atoms with van der Waals surface area (Å²) in [5.41, 5.74) is 2.08. The molecule has 3 heterocycles. The van der Waals surface area contributed by atoms with Crippen LogP contribution < -0.4 is 0 Å². The van der Waals surface area contributed by atoms with Gasteiger partial charge in [-0.1, -0.05) is 0 Å². The molecule has 3 rings (SSSR count). The number of nitrogens with zero attached hydrogens (tertiary/aromatic N) is 5. The van der Waals surface area contributed by atoms with Crippen molar-refractivity contribution in [1.82, 2.24) is 24.6 Å². The molecular formula is C19H27N5O3. The molecule has 0 saturated carbocycles. The zero-order valence-corrected chi connectivity index (χ0v) is 16.0. The third kappa shape index (κ3) is 5.33. The van der Waals surface area contributed by atoms with E-state index in [1.54, 1.807) is 18.0 Å². The Morgan fingerprint density at radius 1 is 1.30 bits per heavy atom. The van der Waals surface area contributed by atoms with E-state index in [2.05, 4.69) is 15.1 Å². The van der Waals surface area contributed by atoms with Gasteiger partial charge in [0.1, 0.15) is 12.4 Å². The molecule has 0 unspecified atom stereocenters. The topological polar surface area (TPSA) is 82.4 Å². The number of hydrogen-bond acceptors (Lipinski definition) is 6. The van der Waals surface area contributed by atoms with Gasteiger partial charge in [-0.15, -0.1) is 0 Å². The molecule has 0 aliphatic carbocycles. The van der Waals surface area contributed by atoms with Crippen LogP contribution in [0.3, 0.4) is 0 Å². The summed E-state index contributed by atoms with van der Waals surface area (Å²) in [7, 11) is 1.66. The second-order valence-electron chi connectivity index (χ2n) is 6.73. The lowest BCUT2D eigenvalue weighted by Crippen LogP contribution is -2.40. The number of hydrogen-bond donors (Lipinski definition) is 0. The largest absolute Gasteiger partial charge is 0.382 e. The van der Waals surface area contributed by atoms with Crippen molar-refractivity contribution in [2.24, 2.45) is 0 Å². The van der Waals surface area contributed by atoms with Gasteiger partial charge < -0.3 is 14.4 Å². The van der Waals surface area contributed by atoms with Crippen LogP contribution in [0.4, 0.5) is 0 Å². The van der Waals surface area contributed by atoms with Crippen molar-refractivity contribution in [2.45, 2.75) is 38.8 Å². The van der Waals surface area contributed by atoms with Gasteiger partial charge in [0.15, 0.2) is 0 Å². The Kier molecular flexibility index (Phi) is 6.89. The van der Waals surface area contributed by atoms with Crippen molar-refractivity contribution in [3.05, 3.63) is 41.7 Å². The molecule has 8 nitrogen and oxygen atoms in total. The number of carbonyl (C=O) groups is 1. The molecule has 1 fully saturated rings. The van der Waals surface area contributed by atoms with Crippen LogP contribution in [0.25, 0.3) is 0 Å². The normalized spacial score (nSPS) is 15.3. The van der Waals surface area contributed by atoms with Crippen LogP contribution in [0.15, 0.2) is 24.7 Å². The summed E-state index contributed by atoms with van der Waals surface area (Å²) in [6.45, 7) is 5.26. The molecule has 0 bridgehead atoms. The third-order valence-corrected chi connectivity index (χ3v) is 4.80. The third-order valence-electron chi connectivity index (χ3n) is 4.80. The maximum atomic E-state index is 12.4. The average molecular weight is 373 g/mol. The molecule has 2 aromatic heterocycles. The molecule has 0 spiro atoms. The Bertz CT molecular complexity index is 727. The van der Waals surface area contributed by atoms with Crippen LogP contribution >= 0.6 is 0 Å². The molecule has 8 heteroatoms. The van der Waals surface area contributed by atoms with Gasteiger partial charge in [0.05, 0.1) is 25.5 Å². The zero-order valence-electron chi connectivity index (χ0n) is 16.0. The highest BCUT2D eigenvalue weighted by Crippen LogP contribution is 2.29. The van der Waals surface area contributed by atoms with Crippen LogP contribution in [-0.2, 0) is 27.4 Å². The summed E-state index contributed by atoms with van der Waals surface area (Å²) in [6.07, 6.45) is 7.15. The van der Waals surface area contributed by atoms with Crippen LogP contribution in [0.5, 0.6) is 0 Å². The number of likely N-dealkylation sites (tertiary alicyclic amines) is 1. The molecule has 1 amide bonds. The molecule has 1 saturated heterocycles. The summed E-state index contributed by atoms with van der Waals surface area (Å²) in [5, 5.41) is 4.11. The predicted octanol–water partition coefficient (Wildman–Crippen LogP) is 1.55. The molecule has 0 atom stereocenters. The number of aryl methyl sites for hydroxylation is 1. The number of amides is 1. The van der Waals surface area contributed by atoms with E-state index in [1.807, 2.05) is 30.3 Å². The van der Waals surface area contributed by atoms with Crippen LogP contribution in [-0.4, -0.2) is 64.0 Å². The van der Waals surface area contributed by atoms with Crippen LogP contribution in [0.2, 0.25) is 0 Å². The van der Waals surface area contributed by atoms with Gasteiger partial charge in [-0.2, -0.15) is 5.10 Å².